The summed E-state index contributed by atoms with van der Waals surface area (Å²) in [6.45, 7) is 0.766. The molecule has 6 heteroatoms. The minimum atomic E-state index is 0.0938. The van der Waals surface area contributed by atoms with E-state index in [1.165, 1.54) is 16.9 Å². The van der Waals surface area contributed by atoms with E-state index in [1.807, 2.05) is 46.7 Å². The zero-order chi connectivity index (χ0) is 19.5. The molecule has 0 fully saturated rings. The van der Waals surface area contributed by atoms with Gasteiger partial charge in [0.05, 0.1) is 26.3 Å². The van der Waals surface area contributed by atoms with E-state index in [-0.39, 0.29) is 5.91 Å². The molecule has 2 aromatic carbocycles. The lowest BCUT2D eigenvalue weighted by Gasteiger charge is -2.29. The number of anilines is 1. The van der Waals surface area contributed by atoms with Crippen molar-refractivity contribution in [1.82, 2.24) is 4.98 Å². The zero-order valence-corrected chi connectivity index (χ0v) is 16.8. The van der Waals surface area contributed by atoms with Crippen molar-refractivity contribution in [3.63, 3.8) is 0 Å². The third kappa shape index (κ3) is 3.60. The average molecular weight is 394 g/mol. The molecule has 28 heavy (non-hydrogen) atoms. The molecule has 1 aliphatic heterocycles. The van der Waals surface area contributed by atoms with Crippen molar-refractivity contribution >= 4 is 22.9 Å². The summed E-state index contributed by atoms with van der Waals surface area (Å²) in [5, 5.41) is 2.82. The van der Waals surface area contributed by atoms with Gasteiger partial charge in [0.2, 0.25) is 5.91 Å². The Labute approximate surface area is 168 Å². The van der Waals surface area contributed by atoms with Gasteiger partial charge in [-0.25, -0.2) is 4.98 Å². The predicted molar refractivity (Wildman–Crippen MR) is 111 cm³/mol. The van der Waals surface area contributed by atoms with Crippen molar-refractivity contribution in [1.29, 1.82) is 0 Å². The van der Waals surface area contributed by atoms with E-state index >= 15 is 0 Å². The molecule has 5 nitrogen and oxygen atoms in total. The first-order valence-electron chi connectivity index (χ1n) is 9.24. The van der Waals surface area contributed by atoms with Gasteiger partial charge in [-0.2, -0.15) is 0 Å². The number of nitrogens with zero attached hydrogens (tertiary/aromatic N) is 2. The number of amides is 1. The number of carbonyl (C=O) groups excluding carboxylic acids is 1. The minimum Gasteiger partial charge on any atom is -0.493 e. The number of hydrogen-bond acceptors (Lipinski definition) is 5. The summed E-state index contributed by atoms with van der Waals surface area (Å²) in [6.07, 6.45) is 2.33. The van der Waals surface area contributed by atoms with Gasteiger partial charge in [0.1, 0.15) is 5.01 Å². The van der Waals surface area contributed by atoms with E-state index in [0.717, 1.165) is 41.3 Å². The lowest BCUT2D eigenvalue weighted by Crippen LogP contribution is -2.36. The van der Waals surface area contributed by atoms with Gasteiger partial charge in [-0.15, -0.1) is 11.3 Å². The summed E-state index contributed by atoms with van der Waals surface area (Å²) in [6, 6.07) is 13.9. The van der Waals surface area contributed by atoms with Crippen LogP contribution in [0.4, 0.5) is 5.69 Å². The van der Waals surface area contributed by atoms with Crippen molar-refractivity contribution in [3.8, 4) is 22.1 Å². The predicted octanol–water partition coefficient (Wildman–Crippen LogP) is 4.35. The summed E-state index contributed by atoms with van der Waals surface area (Å²) >= 11 is 1.53. The molecule has 0 radical (unpaired) electrons. The fourth-order valence-corrected chi connectivity index (χ4v) is 4.35. The number of rotatable bonds is 5. The first-order valence-corrected chi connectivity index (χ1v) is 10.1. The van der Waals surface area contributed by atoms with Crippen LogP contribution < -0.4 is 14.4 Å². The van der Waals surface area contributed by atoms with Crippen LogP contribution in [0.15, 0.2) is 47.8 Å². The molecule has 0 bridgehead atoms. The summed E-state index contributed by atoms with van der Waals surface area (Å²) in [7, 11) is 3.23. The van der Waals surface area contributed by atoms with Crippen LogP contribution >= 0.6 is 11.3 Å². The molecule has 3 aromatic rings. The minimum absolute atomic E-state index is 0.0938. The number of carbonyl (C=O) groups is 1. The molecule has 1 amide bonds. The van der Waals surface area contributed by atoms with Gasteiger partial charge in [0, 0.05) is 23.2 Å². The smallest absolute Gasteiger partial charge is 0.233 e. The molecule has 0 atom stereocenters. The van der Waals surface area contributed by atoms with E-state index in [1.54, 1.807) is 14.2 Å². The van der Waals surface area contributed by atoms with Crippen LogP contribution in [0.3, 0.4) is 0 Å². The van der Waals surface area contributed by atoms with Crippen molar-refractivity contribution in [2.75, 3.05) is 25.7 Å². The number of para-hydroxylation sites is 1. The number of ether oxygens (including phenoxy) is 2. The third-order valence-electron chi connectivity index (χ3n) is 4.93. The topological polar surface area (TPSA) is 51.7 Å². The number of methoxy groups -OCH3 is 2. The molecule has 1 aliphatic rings. The summed E-state index contributed by atoms with van der Waals surface area (Å²) < 4.78 is 10.7. The van der Waals surface area contributed by atoms with Crippen molar-refractivity contribution in [2.45, 2.75) is 19.3 Å². The second kappa shape index (κ2) is 8.02. The Hall–Kier alpha value is -2.86. The highest BCUT2D eigenvalue weighted by Crippen LogP contribution is 2.34. The summed E-state index contributed by atoms with van der Waals surface area (Å²) in [5.41, 5.74) is 4.02. The Morgan fingerprint density at radius 1 is 1.14 bits per heavy atom. The molecule has 0 unspecified atom stereocenters. The van der Waals surface area contributed by atoms with Crippen LogP contribution in [0.1, 0.15) is 17.7 Å². The highest BCUT2D eigenvalue weighted by Gasteiger charge is 2.23. The molecule has 1 aromatic heterocycles. The second-order valence-corrected chi connectivity index (χ2v) is 7.53. The van der Waals surface area contributed by atoms with Gasteiger partial charge in [-0.3, -0.25) is 4.79 Å². The number of fused-ring (bicyclic) bond motifs is 1. The maximum atomic E-state index is 12.9. The molecule has 144 valence electrons. The first kappa shape index (κ1) is 18.5. The van der Waals surface area contributed by atoms with Crippen molar-refractivity contribution in [3.05, 3.63) is 59.1 Å². The second-order valence-electron chi connectivity index (χ2n) is 6.67. The van der Waals surface area contributed by atoms with Gasteiger partial charge in [-0.1, -0.05) is 18.2 Å². The molecule has 0 aliphatic carbocycles. The number of aryl methyl sites for hydroxylation is 1. The van der Waals surface area contributed by atoms with E-state index < -0.39 is 0 Å². The lowest BCUT2D eigenvalue weighted by atomic mass is 10.0. The van der Waals surface area contributed by atoms with Gasteiger partial charge in [-0.05, 0) is 42.7 Å². The van der Waals surface area contributed by atoms with Crippen LogP contribution in [0.25, 0.3) is 10.6 Å². The number of thiazole rings is 1. The monoisotopic (exact) mass is 394 g/mol. The third-order valence-corrected chi connectivity index (χ3v) is 5.87. The van der Waals surface area contributed by atoms with Crippen LogP contribution in [0.2, 0.25) is 0 Å². The Kier molecular flexibility index (Phi) is 5.30. The largest absolute Gasteiger partial charge is 0.493 e. The van der Waals surface area contributed by atoms with E-state index in [4.69, 9.17) is 9.47 Å². The van der Waals surface area contributed by atoms with Gasteiger partial charge in [0.25, 0.3) is 0 Å². The number of benzene rings is 2. The summed E-state index contributed by atoms with van der Waals surface area (Å²) in [4.78, 5) is 19.5. The molecule has 0 saturated heterocycles. The number of aromatic nitrogens is 1. The molecule has 0 N–H and O–H groups in total. The highest BCUT2D eigenvalue weighted by atomic mass is 32.1. The summed E-state index contributed by atoms with van der Waals surface area (Å²) in [5.74, 6) is 1.44. The fraction of sp³-hybridized carbons (Fsp3) is 0.273. The van der Waals surface area contributed by atoms with Gasteiger partial charge in [0.15, 0.2) is 11.5 Å². The molecular weight excluding hydrogens is 372 g/mol. The van der Waals surface area contributed by atoms with Crippen LogP contribution in [0, 0.1) is 0 Å². The van der Waals surface area contributed by atoms with Crippen LogP contribution in [0.5, 0.6) is 11.5 Å². The van der Waals surface area contributed by atoms with E-state index in [0.29, 0.717) is 17.9 Å². The van der Waals surface area contributed by atoms with E-state index in [9.17, 15) is 4.79 Å². The quantitative estimate of drug-likeness (QED) is 0.646. The normalized spacial score (nSPS) is 13.1. The Balaban J connectivity index is 1.52. The Bertz CT molecular complexity index is 999. The fourth-order valence-electron chi connectivity index (χ4n) is 3.53. The highest BCUT2D eigenvalue weighted by molar-refractivity contribution is 7.13. The van der Waals surface area contributed by atoms with Gasteiger partial charge < -0.3 is 14.4 Å². The lowest BCUT2D eigenvalue weighted by molar-refractivity contribution is -0.118. The number of hydrogen-bond donors (Lipinski definition) is 0. The van der Waals surface area contributed by atoms with Crippen molar-refractivity contribution < 1.29 is 14.3 Å². The molecule has 0 saturated carbocycles. The first-order chi connectivity index (χ1) is 13.7. The van der Waals surface area contributed by atoms with Crippen molar-refractivity contribution in [2.24, 2.45) is 0 Å². The molecule has 0 spiro atoms. The Morgan fingerprint density at radius 3 is 2.79 bits per heavy atom. The molecule has 4 rings (SSSR count). The van der Waals surface area contributed by atoms with Crippen LogP contribution in [-0.2, 0) is 17.6 Å². The van der Waals surface area contributed by atoms with Gasteiger partial charge >= 0.3 is 0 Å². The standard InChI is InChI=1S/C22H22N2O3S/c1-26-19-10-9-16(12-20(19)27-2)22-23-17(14-28-22)13-21(25)24-11-5-7-15-6-3-4-8-18(15)24/h3-4,6,8-10,12,14H,5,7,11,13H2,1-2H3. The molecule has 2 heterocycles. The molecular formula is C22H22N2O3S. The zero-order valence-electron chi connectivity index (χ0n) is 16.0. The van der Waals surface area contributed by atoms with Crippen LogP contribution in [-0.4, -0.2) is 31.7 Å². The Morgan fingerprint density at radius 2 is 1.96 bits per heavy atom. The SMILES string of the molecule is COc1ccc(-c2nc(CC(=O)N3CCCc4ccccc43)cs2)cc1OC. The maximum Gasteiger partial charge on any atom is 0.233 e. The maximum absolute atomic E-state index is 12.9. The average Bonchev–Trinajstić information content (AvgIpc) is 3.21. The van der Waals surface area contributed by atoms with E-state index in [2.05, 4.69) is 11.1 Å².